The first-order chi connectivity index (χ1) is 34.5. The van der Waals surface area contributed by atoms with Crippen LogP contribution in [-0.4, -0.2) is 80.5 Å². The van der Waals surface area contributed by atoms with Crippen LogP contribution in [0.15, 0.2) is 84.9 Å². The fourth-order valence-corrected chi connectivity index (χ4v) is 9.46. The zero-order chi connectivity index (χ0) is 50.0. The first-order valence-corrected chi connectivity index (χ1v) is 26.3. The second kappa shape index (κ2) is 35.6. The molecular formula is C59H88O11. The monoisotopic (exact) mass is 973 g/mol. The van der Waals surface area contributed by atoms with Crippen molar-refractivity contribution in [2.45, 2.75) is 154 Å². The number of unbranched alkanes of at least 4 members (excludes halogenated alkanes) is 13. The summed E-state index contributed by atoms with van der Waals surface area (Å²) in [6.07, 6.45) is 21.1. The number of methoxy groups -OCH3 is 4. The van der Waals surface area contributed by atoms with E-state index in [1.165, 1.54) is 106 Å². The number of benzene rings is 4. The topological polar surface area (TPSA) is 113 Å². The largest absolute Gasteiger partial charge is 0.492 e. The van der Waals surface area contributed by atoms with Crippen molar-refractivity contribution in [2.24, 2.45) is 0 Å². The van der Waals surface area contributed by atoms with Crippen molar-refractivity contribution in [3.63, 3.8) is 0 Å². The summed E-state index contributed by atoms with van der Waals surface area (Å²) in [5.41, 5.74) is 5.09. The van der Waals surface area contributed by atoms with Crippen molar-refractivity contribution in [1.82, 2.24) is 0 Å². The van der Waals surface area contributed by atoms with Crippen LogP contribution in [-0.2, 0) is 18.9 Å². The summed E-state index contributed by atoms with van der Waals surface area (Å²) in [6.45, 7) is 8.85. The molecule has 0 radical (unpaired) electrons. The highest BCUT2D eigenvalue weighted by atomic mass is 16.7. The molecule has 0 spiro atoms. The highest BCUT2D eigenvalue weighted by molar-refractivity contribution is 5.48. The van der Waals surface area contributed by atoms with Gasteiger partial charge in [0.1, 0.15) is 34.5 Å². The lowest BCUT2D eigenvalue weighted by molar-refractivity contribution is 0.0506. The van der Waals surface area contributed by atoms with Gasteiger partial charge in [-0.3, -0.25) is 0 Å². The predicted octanol–water partition coefficient (Wildman–Crippen LogP) is 14.5. The number of aliphatic hydroxyl groups is 1. The number of hydrogen-bond acceptors (Lipinski definition) is 11. The molecule has 0 saturated carbocycles. The van der Waals surface area contributed by atoms with Crippen molar-refractivity contribution >= 4 is 0 Å². The van der Waals surface area contributed by atoms with Crippen LogP contribution >= 0.6 is 0 Å². The van der Waals surface area contributed by atoms with Gasteiger partial charge in [0.15, 0.2) is 27.2 Å². The lowest BCUT2D eigenvalue weighted by atomic mass is 9.77. The average molecular weight is 973 g/mol. The van der Waals surface area contributed by atoms with Gasteiger partial charge in [-0.1, -0.05) is 147 Å². The summed E-state index contributed by atoms with van der Waals surface area (Å²) in [5, 5.41) is 8.93. The van der Waals surface area contributed by atoms with Gasteiger partial charge >= 0.3 is 0 Å². The van der Waals surface area contributed by atoms with Crippen molar-refractivity contribution in [3.05, 3.63) is 107 Å². The maximum atomic E-state index is 8.93. The van der Waals surface area contributed by atoms with Crippen molar-refractivity contribution < 1.29 is 52.5 Å². The molecule has 11 heteroatoms. The molecule has 2 aliphatic rings. The normalized spacial score (nSPS) is 16.7. The second-order valence-corrected chi connectivity index (χ2v) is 18.0. The van der Waals surface area contributed by atoms with E-state index in [-0.39, 0.29) is 27.2 Å². The van der Waals surface area contributed by atoms with Gasteiger partial charge in [0.05, 0.1) is 13.2 Å². The van der Waals surface area contributed by atoms with Gasteiger partial charge in [-0.15, -0.1) is 0 Å². The Kier molecular flexibility index (Phi) is 29.5. The van der Waals surface area contributed by atoms with Gasteiger partial charge in [-0.05, 0) is 89.8 Å². The summed E-state index contributed by atoms with van der Waals surface area (Å²) in [5.74, 6) is 6.45. The molecule has 0 unspecified atom stereocenters. The Hall–Kier alpha value is -4.52. The van der Waals surface area contributed by atoms with Crippen LogP contribution in [0.2, 0.25) is 0 Å². The molecule has 0 aliphatic carbocycles. The molecule has 0 saturated heterocycles. The Bertz CT molecular complexity index is 1780. The lowest BCUT2D eigenvalue weighted by Gasteiger charge is -2.34. The smallest absolute Gasteiger partial charge is 0.188 e. The van der Waals surface area contributed by atoms with Crippen LogP contribution in [0.25, 0.3) is 0 Å². The first-order valence-electron chi connectivity index (χ1n) is 26.3. The quantitative estimate of drug-likeness (QED) is 0.0373. The number of aliphatic hydroxyl groups excluding tert-OH is 1. The zero-order valence-corrected chi connectivity index (χ0v) is 43.9. The molecule has 0 amide bonds. The summed E-state index contributed by atoms with van der Waals surface area (Å²) in [7, 11) is 6.50. The first kappa shape index (κ1) is 58.1. The van der Waals surface area contributed by atoms with Gasteiger partial charge in [0.2, 0.25) is 0 Å². The third-order valence-corrected chi connectivity index (χ3v) is 13.1. The molecule has 2 aliphatic heterocycles. The Balaban J connectivity index is 0.000000294. The number of hydrogen-bond donors (Lipinski definition) is 1. The lowest BCUT2D eigenvalue weighted by Crippen LogP contribution is -2.24. The van der Waals surface area contributed by atoms with E-state index in [1.54, 1.807) is 28.4 Å². The minimum absolute atomic E-state index is 0.223. The highest BCUT2D eigenvalue weighted by Crippen LogP contribution is 2.48. The van der Waals surface area contributed by atoms with Crippen LogP contribution in [0, 0.1) is 0 Å². The van der Waals surface area contributed by atoms with Crippen LogP contribution in [0.4, 0.5) is 0 Å². The molecule has 70 heavy (non-hydrogen) atoms. The number of ether oxygens (including phenoxy) is 10. The van der Waals surface area contributed by atoms with E-state index in [1.807, 2.05) is 62.4 Å². The molecule has 0 bridgehead atoms. The molecule has 1 N–H and O–H groups in total. The van der Waals surface area contributed by atoms with E-state index in [0.717, 1.165) is 60.2 Å². The van der Waals surface area contributed by atoms with Gasteiger partial charge < -0.3 is 52.5 Å². The Morgan fingerprint density at radius 2 is 0.757 bits per heavy atom. The molecule has 4 aromatic carbocycles. The fraction of sp³-hybridized carbons (Fsp3) is 0.593. The van der Waals surface area contributed by atoms with Gasteiger partial charge in [-0.2, -0.15) is 0 Å². The summed E-state index contributed by atoms with van der Waals surface area (Å²) < 4.78 is 55.0. The van der Waals surface area contributed by atoms with E-state index >= 15 is 0 Å². The number of fused-ring (bicyclic) bond motifs is 2. The highest BCUT2D eigenvalue weighted by Gasteiger charge is 2.33. The second-order valence-electron chi connectivity index (χ2n) is 18.0. The average Bonchev–Trinajstić information content (AvgIpc) is 3.40. The van der Waals surface area contributed by atoms with E-state index in [2.05, 4.69) is 43.3 Å². The van der Waals surface area contributed by atoms with E-state index < -0.39 is 0 Å². The van der Waals surface area contributed by atoms with Gasteiger partial charge in [0.25, 0.3) is 0 Å². The third-order valence-electron chi connectivity index (χ3n) is 13.1. The molecular weight excluding hydrogens is 885 g/mol. The molecule has 390 valence electrons. The van der Waals surface area contributed by atoms with Crippen LogP contribution in [0.5, 0.6) is 34.5 Å². The molecule has 4 aromatic rings. The van der Waals surface area contributed by atoms with Crippen molar-refractivity contribution in [3.8, 4) is 34.5 Å². The standard InChI is InChI=1S/C29H42O5.C28H40O6.C2H6/c1-4-5-6-7-8-9-10-11-12-26-27-18-17-25(34-22-31-3)19-29(27)32-20-28(26)23-13-15-24(16-14-23)33-21-30-2;1-30-20-33-23-13-11-22(12-14-23)27-19-32-28-18-24(34-21-31-2)15-16-26(28)25(27)10-8-6-4-3-5-7-9-17-29;1-2/h13-19,26,28H,4-12,20-22H2,1-3H3;11-16,18,25,27,29H,3-10,17,19-21H2,1-2H3;1-2H3/t26-,28-;25-,27-;/m11./s1. The fourth-order valence-electron chi connectivity index (χ4n) is 9.46. The maximum Gasteiger partial charge on any atom is 0.188 e. The van der Waals surface area contributed by atoms with Crippen molar-refractivity contribution in [1.29, 1.82) is 0 Å². The third kappa shape index (κ3) is 19.9. The Labute approximate surface area is 421 Å². The van der Waals surface area contributed by atoms with Gasteiger partial charge in [-0.25, -0.2) is 0 Å². The van der Waals surface area contributed by atoms with E-state index in [9.17, 15) is 0 Å². The molecule has 0 aromatic heterocycles. The molecule has 0 fully saturated rings. The SMILES string of the molecule is CC.CCCCCCCCCC[C@@H]1c2ccc(OCOC)cc2OC[C@@H]1c1ccc(OCOC)cc1.COCOc1ccc([C@H]2COc3cc(OCOC)ccc3[C@H]2CCCCCCCCCO)cc1. The van der Waals surface area contributed by atoms with Crippen molar-refractivity contribution in [2.75, 3.05) is 75.4 Å². The predicted molar refractivity (Wildman–Crippen MR) is 280 cm³/mol. The molecule has 11 nitrogen and oxygen atoms in total. The van der Waals surface area contributed by atoms with E-state index in [0.29, 0.717) is 43.5 Å². The minimum Gasteiger partial charge on any atom is -0.492 e. The molecule has 2 heterocycles. The molecule has 4 atom stereocenters. The van der Waals surface area contributed by atoms with Crippen LogP contribution in [0.3, 0.4) is 0 Å². The summed E-state index contributed by atoms with van der Waals surface area (Å²) >= 11 is 0. The molecule has 6 rings (SSSR count). The summed E-state index contributed by atoms with van der Waals surface area (Å²) in [6, 6.07) is 29.1. The Morgan fingerprint density at radius 3 is 1.11 bits per heavy atom. The Morgan fingerprint density at radius 1 is 0.429 bits per heavy atom. The van der Waals surface area contributed by atoms with E-state index in [4.69, 9.17) is 52.5 Å². The zero-order valence-electron chi connectivity index (χ0n) is 43.9. The minimum atomic E-state index is 0.223. The number of rotatable bonds is 32. The van der Waals surface area contributed by atoms with Crippen LogP contribution < -0.4 is 28.4 Å². The maximum absolute atomic E-state index is 8.93. The van der Waals surface area contributed by atoms with Gasteiger partial charge in [0, 0.05) is 59.0 Å². The summed E-state index contributed by atoms with van der Waals surface area (Å²) in [4.78, 5) is 0. The van der Waals surface area contributed by atoms with Crippen LogP contribution in [0.1, 0.15) is 176 Å².